The first-order valence-electron chi connectivity index (χ1n) is 6.97. The minimum atomic E-state index is -4.10. The molecule has 0 saturated heterocycles. The molecular formula is C17H14BrNO4S. The molecule has 2 N–H and O–H groups in total. The van der Waals surface area contributed by atoms with E-state index >= 15 is 0 Å². The summed E-state index contributed by atoms with van der Waals surface area (Å²) in [5.74, 6) is 0.272. The van der Waals surface area contributed by atoms with Gasteiger partial charge < -0.3 is 14.7 Å². The van der Waals surface area contributed by atoms with E-state index in [0.29, 0.717) is 4.47 Å². The molecule has 0 fully saturated rings. The van der Waals surface area contributed by atoms with Crippen molar-refractivity contribution >= 4 is 42.5 Å². The van der Waals surface area contributed by atoms with Crippen molar-refractivity contribution in [1.82, 2.24) is 0 Å². The summed E-state index contributed by atoms with van der Waals surface area (Å²) in [5.41, 5.74) is 6.18. The monoisotopic (exact) mass is 407 g/mol. The molecule has 0 atom stereocenters. The Labute approximate surface area is 148 Å². The zero-order valence-electron chi connectivity index (χ0n) is 12.7. The Morgan fingerprint density at radius 1 is 0.958 bits per heavy atom. The van der Waals surface area contributed by atoms with Crippen LogP contribution in [0, 0.1) is 0 Å². The number of anilines is 1. The zero-order chi connectivity index (χ0) is 17.3. The van der Waals surface area contributed by atoms with E-state index in [1.54, 1.807) is 24.3 Å². The smallest absolute Gasteiger partial charge is 0.343 e. The fourth-order valence-electron chi connectivity index (χ4n) is 2.32. The molecule has 5 nitrogen and oxygen atoms in total. The number of benzene rings is 3. The largest absolute Gasteiger partial charge is 0.495 e. The number of halogens is 1. The van der Waals surface area contributed by atoms with Crippen LogP contribution in [-0.4, -0.2) is 15.5 Å². The van der Waals surface area contributed by atoms with Gasteiger partial charge in [0.1, 0.15) is 10.6 Å². The molecule has 0 radical (unpaired) electrons. The van der Waals surface area contributed by atoms with E-state index in [-0.39, 0.29) is 22.1 Å². The minimum Gasteiger partial charge on any atom is -0.495 e. The Kier molecular flexibility index (Phi) is 4.38. The molecule has 0 aliphatic rings. The van der Waals surface area contributed by atoms with Gasteiger partial charge in [0, 0.05) is 4.47 Å². The molecule has 0 amide bonds. The van der Waals surface area contributed by atoms with Crippen LogP contribution < -0.4 is 14.7 Å². The fourth-order valence-corrected chi connectivity index (χ4v) is 3.97. The normalized spacial score (nSPS) is 11.4. The second-order valence-electron chi connectivity index (χ2n) is 5.07. The van der Waals surface area contributed by atoms with E-state index in [9.17, 15) is 8.42 Å². The molecule has 3 aromatic rings. The van der Waals surface area contributed by atoms with Crippen LogP contribution in [0.4, 0.5) is 5.69 Å². The molecule has 3 rings (SSSR count). The topological polar surface area (TPSA) is 78.6 Å². The number of hydrogen-bond donors (Lipinski definition) is 1. The Bertz CT molecular complexity index is 1020. The molecule has 0 bridgehead atoms. The number of ether oxygens (including phenoxy) is 1. The lowest BCUT2D eigenvalue weighted by Gasteiger charge is -2.13. The Morgan fingerprint density at radius 3 is 2.29 bits per heavy atom. The third-order valence-electron chi connectivity index (χ3n) is 3.47. The molecular weight excluding hydrogens is 394 g/mol. The number of nitrogens with two attached hydrogens (primary N) is 1. The van der Waals surface area contributed by atoms with Crippen LogP contribution in [0.3, 0.4) is 0 Å². The maximum atomic E-state index is 12.6. The van der Waals surface area contributed by atoms with Crippen molar-refractivity contribution in [2.24, 2.45) is 0 Å². The van der Waals surface area contributed by atoms with Crippen LogP contribution in [0.2, 0.25) is 0 Å². The molecule has 0 unspecified atom stereocenters. The summed E-state index contributed by atoms with van der Waals surface area (Å²) in [7, 11) is -2.71. The highest BCUT2D eigenvalue weighted by atomic mass is 79.9. The highest BCUT2D eigenvalue weighted by molar-refractivity contribution is 9.10. The highest BCUT2D eigenvalue weighted by Gasteiger charge is 2.23. The van der Waals surface area contributed by atoms with Gasteiger partial charge in [0.05, 0.1) is 12.8 Å². The number of hydrogen-bond acceptors (Lipinski definition) is 5. The molecule has 24 heavy (non-hydrogen) atoms. The van der Waals surface area contributed by atoms with Gasteiger partial charge in [-0.2, -0.15) is 8.42 Å². The van der Waals surface area contributed by atoms with Crippen LogP contribution in [0.5, 0.6) is 11.5 Å². The first kappa shape index (κ1) is 16.6. The second-order valence-corrected chi connectivity index (χ2v) is 7.50. The minimum absolute atomic E-state index is 0.0769. The van der Waals surface area contributed by atoms with E-state index in [4.69, 9.17) is 14.7 Å². The zero-order valence-corrected chi connectivity index (χ0v) is 15.1. The van der Waals surface area contributed by atoms with Gasteiger partial charge >= 0.3 is 10.1 Å². The lowest BCUT2D eigenvalue weighted by atomic mass is 10.1. The van der Waals surface area contributed by atoms with E-state index in [0.717, 1.165) is 10.8 Å². The summed E-state index contributed by atoms with van der Waals surface area (Å²) in [5, 5.41) is 1.73. The summed E-state index contributed by atoms with van der Waals surface area (Å²) < 4.78 is 36.3. The first-order valence-corrected chi connectivity index (χ1v) is 9.17. The van der Waals surface area contributed by atoms with Crippen LogP contribution in [0.15, 0.2) is 64.0 Å². The number of methoxy groups -OCH3 is 1. The summed E-state index contributed by atoms with van der Waals surface area (Å²) in [6.45, 7) is 0. The molecule has 7 heteroatoms. The van der Waals surface area contributed by atoms with Gasteiger partial charge in [-0.25, -0.2) is 0 Å². The predicted octanol–water partition coefficient (Wildman–Crippen LogP) is 3.96. The van der Waals surface area contributed by atoms with Crippen LogP contribution in [-0.2, 0) is 10.1 Å². The van der Waals surface area contributed by atoms with Crippen molar-refractivity contribution in [3.05, 3.63) is 59.1 Å². The van der Waals surface area contributed by atoms with Crippen LogP contribution in [0.1, 0.15) is 0 Å². The highest BCUT2D eigenvalue weighted by Crippen LogP contribution is 2.33. The van der Waals surface area contributed by atoms with Crippen LogP contribution in [0.25, 0.3) is 10.8 Å². The van der Waals surface area contributed by atoms with Gasteiger partial charge in [-0.1, -0.05) is 40.2 Å². The van der Waals surface area contributed by atoms with E-state index in [1.165, 1.54) is 13.2 Å². The van der Waals surface area contributed by atoms with Crippen molar-refractivity contribution in [3.8, 4) is 11.5 Å². The molecule has 0 aliphatic heterocycles. The molecule has 0 aliphatic carbocycles. The van der Waals surface area contributed by atoms with E-state index < -0.39 is 10.1 Å². The van der Waals surface area contributed by atoms with Gasteiger partial charge in [0.2, 0.25) is 0 Å². The Morgan fingerprint density at radius 2 is 1.62 bits per heavy atom. The molecule has 0 spiro atoms. The summed E-state index contributed by atoms with van der Waals surface area (Å²) in [4.78, 5) is -0.0769. The fraction of sp³-hybridized carbons (Fsp3) is 0.0588. The van der Waals surface area contributed by atoms with Gasteiger partial charge in [0.15, 0.2) is 5.75 Å². The standard InChI is InChI=1S/C17H14BrNO4S/c1-22-15-7-6-13(18)10-17(15)24(20,21)23-16-9-12-5-3-2-4-11(12)8-14(16)19/h2-10H,19H2,1H3. The lowest BCUT2D eigenvalue weighted by molar-refractivity contribution is 0.398. The maximum absolute atomic E-state index is 12.6. The van der Waals surface area contributed by atoms with E-state index in [2.05, 4.69) is 15.9 Å². The maximum Gasteiger partial charge on any atom is 0.343 e. The van der Waals surface area contributed by atoms with E-state index in [1.807, 2.05) is 24.3 Å². The average molecular weight is 408 g/mol. The number of nitrogen functional groups attached to an aromatic ring is 1. The Balaban J connectivity index is 2.07. The second kappa shape index (κ2) is 6.33. The molecule has 0 aromatic heterocycles. The molecule has 124 valence electrons. The molecule has 0 saturated carbocycles. The SMILES string of the molecule is COc1ccc(Br)cc1S(=O)(=O)Oc1cc2ccccc2cc1N. The van der Waals surface area contributed by atoms with Crippen molar-refractivity contribution in [2.45, 2.75) is 4.90 Å². The molecule has 0 heterocycles. The van der Waals surface area contributed by atoms with Gasteiger partial charge in [0.25, 0.3) is 0 Å². The Hall–Kier alpha value is -2.25. The van der Waals surface area contributed by atoms with Crippen LogP contribution >= 0.6 is 15.9 Å². The third-order valence-corrected chi connectivity index (χ3v) is 5.22. The lowest BCUT2D eigenvalue weighted by Crippen LogP contribution is -2.12. The van der Waals surface area contributed by atoms with Crippen molar-refractivity contribution in [2.75, 3.05) is 12.8 Å². The van der Waals surface area contributed by atoms with Crippen molar-refractivity contribution in [3.63, 3.8) is 0 Å². The molecule has 3 aromatic carbocycles. The summed E-state index contributed by atoms with van der Waals surface area (Å²) in [6, 6.07) is 15.4. The summed E-state index contributed by atoms with van der Waals surface area (Å²) in [6.07, 6.45) is 0. The predicted molar refractivity (Wildman–Crippen MR) is 96.9 cm³/mol. The third kappa shape index (κ3) is 3.18. The quantitative estimate of drug-likeness (QED) is 0.522. The number of fused-ring (bicyclic) bond motifs is 1. The van der Waals surface area contributed by atoms with Gasteiger partial charge in [-0.3, -0.25) is 0 Å². The van der Waals surface area contributed by atoms with Gasteiger partial charge in [-0.15, -0.1) is 0 Å². The average Bonchev–Trinajstić information content (AvgIpc) is 2.55. The first-order chi connectivity index (χ1) is 11.4. The summed E-state index contributed by atoms with van der Waals surface area (Å²) >= 11 is 3.25. The number of rotatable bonds is 4. The van der Waals surface area contributed by atoms with Crippen molar-refractivity contribution < 1.29 is 17.3 Å². The van der Waals surface area contributed by atoms with Gasteiger partial charge in [-0.05, 0) is 41.1 Å². The van der Waals surface area contributed by atoms with Crippen molar-refractivity contribution in [1.29, 1.82) is 0 Å².